The Hall–Kier alpha value is -2.40. The minimum absolute atomic E-state index is 0.279. The summed E-state index contributed by atoms with van der Waals surface area (Å²) in [6.07, 6.45) is 2.97. The van der Waals surface area contributed by atoms with E-state index in [2.05, 4.69) is 5.32 Å². The van der Waals surface area contributed by atoms with Crippen molar-refractivity contribution in [2.24, 2.45) is 0 Å². The van der Waals surface area contributed by atoms with Crippen molar-refractivity contribution in [3.63, 3.8) is 0 Å². The van der Waals surface area contributed by atoms with Crippen LogP contribution in [0.1, 0.15) is 16.7 Å². The molecule has 0 spiro atoms. The van der Waals surface area contributed by atoms with E-state index >= 15 is 0 Å². The highest BCUT2D eigenvalue weighted by atomic mass is 32.1. The lowest BCUT2D eigenvalue weighted by atomic mass is 10.1. The van der Waals surface area contributed by atoms with Crippen LogP contribution in [0.15, 0.2) is 47.2 Å². The Bertz CT molecular complexity index is 662. The van der Waals surface area contributed by atoms with Gasteiger partial charge in [0.05, 0.1) is 0 Å². The molecule has 22 heavy (non-hydrogen) atoms. The number of rotatable bonds is 6. The molecule has 1 aromatic heterocycles. The Labute approximate surface area is 133 Å². The predicted molar refractivity (Wildman–Crippen MR) is 87.3 cm³/mol. The van der Waals surface area contributed by atoms with Crippen LogP contribution in [0.25, 0.3) is 6.08 Å². The first kappa shape index (κ1) is 16.0. The number of benzene rings is 1. The molecule has 2 rings (SSSR count). The Kier molecular flexibility index (Phi) is 5.91. The largest absolute Gasteiger partial charge is 0.452 e. The number of nitrogens with one attached hydrogen (secondary N) is 1. The molecule has 0 bridgehead atoms. The third-order valence-electron chi connectivity index (χ3n) is 3.04. The van der Waals surface area contributed by atoms with E-state index in [9.17, 15) is 9.59 Å². The average Bonchev–Trinajstić information content (AvgIpc) is 3.03. The molecule has 0 saturated heterocycles. The molecule has 1 N–H and O–H groups in total. The highest BCUT2D eigenvalue weighted by Crippen LogP contribution is 2.08. The predicted octanol–water partition coefficient (Wildman–Crippen LogP) is 2.93. The molecule has 2 aromatic rings. The van der Waals surface area contributed by atoms with E-state index in [-0.39, 0.29) is 12.5 Å². The maximum atomic E-state index is 11.7. The van der Waals surface area contributed by atoms with E-state index < -0.39 is 5.97 Å². The topological polar surface area (TPSA) is 55.4 Å². The number of hydrogen-bond acceptors (Lipinski definition) is 4. The van der Waals surface area contributed by atoms with Crippen molar-refractivity contribution in [3.8, 4) is 0 Å². The number of thiophene rings is 1. The minimum atomic E-state index is -0.530. The third-order valence-corrected chi connectivity index (χ3v) is 3.74. The highest BCUT2D eigenvalue weighted by molar-refractivity contribution is 7.08. The lowest BCUT2D eigenvalue weighted by molar-refractivity contribution is -0.143. The summed E-state index contributed by atoms with van der Waals surface area (Å²) in [4.78, 5) is 23.1. The second kappa shape index (κ2) is 8.14. The molecule has 1 amide bonds. The Morgan fingerprint density at radius 1 is 1.27 bits per heavy atom. The smallest absolute Gasteiger partial charge is 0.331 e. The molecule has 0 radical (unpaired) electrons. The average molecular weight is 315 g/mol. The van der Waals surface area contributed by atoms with E-state index in [0.29, 0.717) is 6.54 Å². The molecule has 0 saturated carbocycles. The summed E-state index contributed by atoms with van der Waals surface area (Å²) < 4.78 is 4.89. The van der Waals surface area contributed by atoms with E-state index in [1.54, 1.807) is 17.4 Å². The van der Waals surface area contributed by atoms with Gasteiger partial charge in [0.2, 0.25) is 0 Å². The SMILES string of the molecule is Cc1ccccc1CNC(=O)COC(=O)/C=C/c1ccsc1. The summed E-state index contributed by atoms with van der Waals surface area (Å²) in [5.41, 5.74) is 3.09. The van der Waals surface area contributed by atoms with Gasteiger partial charge in [-0.1, -0.05) is 24.3 Å². The van der Waals surface area contributed by atoms with Gasteiger partial charge in [-0.25, -0.2) is 4.79 Å². The van der Waals surface area contributed by atoms with Crippen molar-refractivity contribution in [1.29, 1.82) is 0 Å². The van der Waals surface area contributed by atoms with Crippen LogP contribution < -0.4 is 5.32 Å². The van der Waals surface area contributed by atoms with Gasteiger partial charge in [-0.15, -0.1) is 0 Å². The van der Waals surface area contributed by atoms with Gasteiger partial charge in [0.15, 0.2) is 6.61 Å². The zero-order chi connectivity index (χ0) is 15.8. The molecule has 0 unspecified atom stereocenters. The van der Waals surface area contributed by atoms with Crippen LogP contribution >= 0.6 is 11.3 Å². The molecular weight excluding hydrogens is 298 g/mol. The Morgan fingerprint density at radius 3 is 2.82 bits per heavy atom. The second-order valence-electron chi connectivity index (χ2n) is 4.70. The molecule has 1 aromatic carbocycles. The number of ether oxygens (including phenoxy) is 1. The molecule has 0 atom stereocenters. The van der Waals surface area contributed by atoms with E-state index in [1.165, 1.54) is 6.08 Å². The lowest BCUT2D eigenvalue weighted by Crippen LogP contribution is -2.28. The monoisotopic (exact) mass is 315 g/mol. The maximum absolute atomic E-state index is 11.7. The van der Waals surface area contributed by atoms with Crippen molar-refractivity contribution >= 4 is 29.3 Å². The lowest BCUT2D eigenvalue weighted by Gasteiger charge is -2.07. The normalized spacial score (nSPS) is 10.6. The third kappa shape index (κ3) is 5.18. The zero-order valence-corrected chi connectivity index (χ0v) is 13.1. The molecule has 0 aliphatic rings. The van der Waals surface area contributed by atoms with E-state index in [0.717, 1.165) is 16.7 Å². The summed E-state index contributed by atoms with van der Waals surface area (Å²) in [5, 5.41) is 6.56. The first-order valence-electron chi connectivity index (χ1n) is 6.83. The molecule has 5 heteroatoms. The van der Waals surface area contributed by atoms with Crippen LogP contribution in [-0.4, -0.2) is 18.5 Å². The summed E-state index contributed by atoms with van der Waals surface area (Å²) in [6, 6.07) is 9.69. The van der Waals surface area contributed by atoms with Crippen LogP contribution in [0.5, 0.6) is 0 Å². The number of hydrogen-bond donors (Lipinski definition) is 1. The fourth-order valence-corrected chi connectivity index (χ4v) is 2.40. The standard InChI is InChI=1S/C17H17NO3S/c1-13-4-2-3-5-15(13)10-18-16(19)11-21-17(20)7-6-14-8-9-22-12-14/h2-9,12H,10-11H2,1H3,(H,18,19)/b7-6+. The molecule has 0 aliphatic carbocycles. The highest BCUT2D eigenvalue weighted by Gasteiger charge is 2.05. The Morgan fingerprint density at radius 2 is 2.09 bits per heavy atom. The summed E-state index contributed by atoms with van der Waals surface area (Å²) in [5.74, 6) is -0.849. The van der Waals surface area contributed by atoms with Crippen molar-refractivity contribution in [3.05, 3.63) is 63.9 Å². The summed E-state index contributed by atoms with van der Waals surface area (Å²) in [7, 11) is 0. The van der Waals surface area contributed by atoms with Gasteiger partial charge in [0, 0.05) is 12.6 Å². The molecule has 114 valence electrons. The van der Waals surface area contributed by atoms with Gasteiger partial charge >= 0.3 is 5.97 Å². The molecule has 0 fully saturated rings. The molecule has 4 nitrogen and oxygen atoms in total. The number of amides is 1. The van der Waals surface area contributed by atoms with Crippen LogP contribution in [0.2, 0.25) is 0 Å². The fraction of sp³-hybridized carbons (Fsp3) is 0.176. The number of carbonyl (C=O) groups excluding carboxylic acids is 2. The fourth-order valence-electron chi connectivity index (χ4n) is 1.77. The number of esters is 1. The minimum Gasteiger partial charge on any atom is -0.452 e. The van der Waals surface area contributed by atoms with Crippen LogP contribution in [0.4, 0.5) is 0 Å². The van der Waals surface area contributed by atoms with E-state index in [4.69, 9.17) is 4.74 Å². The van der Waals surface area contributed by atoms with Crippen molar-refractivity contribution in [2.45, 2.75) is 13.5 Å². The first-order valence-corrected chi connectivity index (χ1v) is 7.77. The Balaban J connectivity index is 1.71. The van der Waals surface area contributed by atoms with Gasteiger partial charge < -0.3 is 10.1 Å². The summed E-state index contributed by atoms with van der Waals surface area (Å²) >= 11 is 1.55. The van der Waals surface area contributed by atoms with Crippen molar-refractivity contribution < 1.29 is 14.3 Å². The van der Waals surface area contributed by atoms with Crippen LogP contribution in [0, 0.1) is 6.92 Å². The van der Waals surface area contributed by atoms with E-state index in [1.807, 2.05) is 48.0 Å². The van der Waals surface area contributed by atoms with Gasteiger partial charge in [-0.05, 0) is 46.5 Å². The number of carbonyl (C=O) groups is 2. The summed E-state index contributed by atoms with van der Waals surface area (Å²) in [6.45, 7) is 2.13. The van der Waals surface area contributed by atoms with Gasteiger partial charge in [-0.2, -0.15) is 11.3 Å². The van der Waals surface area contributed by atoms with Gasteiger partial charge in [0.25, 0.3) is 5.91 Å². The quantitative estimate of drug-likeness (QED) is 0.659. The van der Waals surface area contributed by atoms with Crippen LogP contribution in [0.3, 0.4) is 0 Å². The van der Waals surface area contributed by atoms with Crippen molar-refractivity contribution in [2.75, 3.05) is 6.61 Å². The van der Waals surface area contributed by atoms with Crippen LogP contribution in [-0.2, 0) is 20.9 Å². The zero-order valence-electron chi connectivity index (χ0n) is 12.2. The maximum Gasteiger partial charge on any atom is 0.331 e. The second-order valence-corrected chi connectivity index (χ2v) is 5.48. The number of aryl methyl sites for hydroxylation is 1. The first-order chi connectivity index (χ1) is 10.6. The molecule has 0 aliphatic heterocycles. The van der Waals surface area contributed by atoms with Gasteiger partial charge in [-0.3, -0.25) is 4.79 Å². The molecule has 1 heterocycles. The van der Waals surface area contributed by atoms with Crippen molar-refractivity contribution in [1.82, 2.24) is 5.32 Å². The molecular formula is C17H17NO3S. The van der Waals surface area contributed by atoms with Gasteiger partial charge in [0.1, 0.15) is 0 Å².